The molecule has 0 unspecified atom stereocenters. The van der Waals surface area contributed by atoms with Crippen LogP contribution in [0.15, 0.2) is 24.3 Å². The Morgan fingerprint density at radius 3 is 2.23 bits per heavy atom. The lowest BCUT2D eigenvalue weighted by Gasteiger charge is -2.00. The maximum absolute atomic E-state index is 10.8. The molecule has 0 heterocycles. The summed E-state index contributed by atoms with van der Waals surface area (Å²) in [5.74, 6) is 0.191. The fourth-order valence-corrected chi connectivity index (χ4v) is 1.59. The summed E-state index contributed by atoms with van der Waals surface area (Å²) < 4.78 is 21.7. The van der Waals surface area contributed by atoms with Gasteiger partial charge in [-0.25, -0.2) is 8.42 Å². The summed E-state index contributed by atoms with van der Waals surface area (Å²) in [4.78, 5) is 0. The highest BCUT2D eigenvalue weighted by atomic mass is 32.2. The van der Waals surface area contributed by atoms with Crippen molar-refractivity contribution in [3.05, 3.63) is 29.8 Å². The first kappa shape index (κ1) is 10.1. The molecule has 4 heteroatoms. The number of hydrogen-bond acceptors (Lipinski definition) is 3. The summed E-state index contributed by atoms with van der Waals surface area (Å²) >= 11 is 0. The van der Waals surface area contributed by atoms with Gasteiger partial charge in [-0.2, -0.15) is 0 Å². The first-order valence-corrected chi connectivity index (χ1v) is 6.05. The number of nitrogen functional groups attached to an aromatic ring is 1. The lowest BCUT2D eigenvalue weighted by Crippen LogP contribution is -2.05. The van der Waals surface area contributed by atoms with Gasteiger partial charge in [0, 0.05) is 11.9 Å². The van der Waals surface area contributed by atoms with E-state index >= 15 is 0 Å². The highest BCUT2D eigenvalue weighted by Gasteiger charge is 2.02. The highest BCUT2D eigenvalue weighted by molar-refractivity contribution is 7.90. The minimum absolute atomic E-state index is 0.191. The largest absolute Gasteiger partial charge is 0.399 e. The Kier molecular flexibility index (Phi) is 2.93. The summed E-state index contributed by atoms with van der Waals surface area (Å²) in [6.07, 6.45) is 1.80. The van der Waals surface area contributed by atoms with Crippen molar-refractivity contribution < 1.29 is 8.42 Å². The van der Waals surface area contributed by atoms with Crippen LogP contribution in [0.4, 0.5) is 5.69 Å². The van der Waals surface area contributed by atoms with Crippen LogP contribution in [0.5, 0.6) is 0 Å². The van der Waals surface area contributed by atoms with Crippen molar-refractivity contribution in [3.63, 3.8) is 0 Å². The van der Waals surface area contributed by atoms with Crippen LogP contribution in [0.3, 0.4) is 0 Å². The second-order valence-corrected chi connectivity index (χ2v) is 5.38. The molecule has 1 aromatic rings. The van der Waals surface area contributed by atoms with Crippen molar-refractivity contribution >= 4 is 15.5 Å². The Bertz CT molecular complexity index is 367. The number of benzene rings is 1. The summed E-state index contributed by atoms with van der Waals surface area (Å²) in [5, 5.41) is 0. The van der Waals surface area contributed by atoms with Crippen molar-refractivity contribution in [1.29, 1.82) is 0 Å². The molecule has 0 fully saturated rings. The molecule has 0 saturated heterocycles. The molecule has 3 nitrogen and oxygen atoms in total. The van der Waals surface area contributed by atoms with Crippen LogP contribution < -0.4 is 5.73 Å². The fraction of sp³-hybridized carbons (Fsp3) is 0.333. The molecule has 72 valence electrons. The molecule has 0 amide bonds. The van der Waals surface area contributed by atoms with E-state index < -0.39 is 9.84 Å². The van der Waals surface area contributed by atoms with Crippen LogP contribution in [0.25, 0.3) is 0 Å². The van der Waals surface area contributed by atoms with Gasteiger partial charge in [0.15, 0.2) is 0 Å². The highest BCUT2D eigenvalue weighted by Crippen LogP contribution is 2.06. The van der Waals surface area contributed by atoms with Gasteiger partial charge in [-0.15, -0.1) is 0 Å². The molecule has 1 aromatic carbocycles. The van der Waals surface area contributed by atoms with Gasteiger partial charge >= 0.3 is 0 Å². The average Bonchev–Trinajstić information content (AvgIpc) is 2.02. The zero-order valence-corrected chi connectivity index (χ0v) is 8.34. The molecule has 0 spiro atoms. The van der Waals surface area contributed by atoms with E-state index in [1.165, 1.54) is 6.26 Å². The summed E-state index contributed by atoms with van der Waals surface area (Å²) in [7, 11) is -2.86. The van der Waals surface area contributed by atoms with Crippen molar-refractivity contribution in [3.8, 4) is 0 Å². The standard InChI is InChI=1S/C9H13NO2S/c1-13(11,12)7-6-8-2-4-9(10)5-3-8/h2-5H,6-7,10H2,1H3. The van der Waals surface area contributed by atoms with E-state index in [-0.39, 0.29) is 5.75 Å². The van der Waals surface area contributed by atoms with Crippen molar-refractivity contribution in [2.75, 3.05) is 17.7 Å². The molecular formula is C9H13NO2S. The Balaban J connectivity index is 2.61. The van der Waals surface area contributed by atoms with E-state index in [9.17, 15) is 8.42 Å². The monoisotopic (exact) mass is 199 g/mol. The van der Waals surface area contributed by atoms with Gasteiger partial charge in [-0.05, 0) is 24.1 Å². The molecule has 0 atom stereocenters. The van der Waals surface area contributed by atoms with Gasteiger partial charge < -0.3 is 5.73 Å². The smallest absolute Gasteiger partial charge is 0.147 e. The Hall–Kier alpha value is -1.03. The van der Waals surface area contributed by atoms with E-state index in [1.807, 2.05) is 12.1 Å². The Labute approximate surface area is 78.5 Å². The summed E-state index contributed by atoms with van der Waals surface area (Å²) in [5.41, 5.74) is 7.19. The number of aryl methyl sites for hydroxylation is 1. The molecule has 13 heavy (non-hydrogen) atoms. The fourth-order valence-electron chi connectivity index (χ4n) is 0.988. The number of rotatable bonds is 3. The Morgan fingerprint density at radius 2 is 1.77 bits per heavy atom. The van der Waals surface area contributed by atoms with Gasteiger partial charge in [0.2, 0.25) is 0 Å². The lowest BCUT2D eigenvalue weighted by molar-refractivity contribution is 0.601. The molecular weight excluding hydrogens is 186 g/mol. The zero-order valence-electron chi connectivity index (χ0n) is 7.53. The second kappa shape index (κ2) is 3.79. The van der Waals surface area contributed by atoms with E-state index in [0.717, 1.165) is 5.56 Å². The van der Waals surface area contributed by atoms with E-state index in [1.54, 1.807) is 12.1 Å². The van der Waals surface area contributed by atoms with Crippen molar-refractivity contribution in [2.24, 2.45) is 0 Å². The van der Waals surface area contributed by atoms with Gasteiger partial charge in [-0.1, -0.05) is 12.1 Å². The molecule has 1 rings (SSSR count). The molecule has 0 aromatic heterocycles. The number of sulfone groups is 1. The molecule has 0 saturated carbocycles. The first-order chi connectivity index (χ1) is 5.97. The van der Waals surface area contributed by atoms with Crippen LogP contribution in [0.1, 0.15) is 5.56 Å². The minimum atomic E-state index is -2.86. The zero-order chi connectivity index (χ0) is 9.90. The van der Waals surface area contributed by atoms with E-state index in [2.05, 4.69) is 0 Å². The third kappa shape index (κ3) is 3.94. The SMILES string of the molecule is CS(=O)(=O)CCc1ccc(N)cc1. The number of anilines is 1. The maximum atomic E-state index is 10.8. The lowest BCUT2D eigenvalue weighted by atomic mass is 10.2. The summed E-state index contributed by atoms with van der Waals surface area (Å²) in [6, 6.07) is 7.25. The van der Waals surface area contributed by atoms with E-state index in [4.69, 9.17) is 5.73 Å². The molecule has 0 aliphatic rings. The van der Waals surface area contributed by atoms with Gasteiger partial charge in [0.25, 0.3) is 0 Å². The second-order valence-electron chi connectivity index (χ2n) is 3.12. The number of nitrogens with two attached hydrogens (primary N) is 1. The predicted octanol–water partition coefficient (Wildman–Crippen LogP) is 0.856. The van der Waals surface area contributed by atoms with Gasteiger partial charge in [-0.3, -0.25) is 0 Å². The van der Waals surface area contributed by atoms with Gasteiger partial charge in [0.05, 0.1) is 5.75 Å². The normalized spacial score (nSPS) is 11.5. The topological polar surface area (TPSA) is 60.2 Å². The first-order valence-electron chi connectivity index (χ1n) is 3.99. The molecule has 0 radical (unpaired) electrons. The molecule has 0 bridgehead atoms. The maximum Gasteiger partial charge on any atom is 0.147 e. The average molecular weight is 199 g/mol. The third-order valence-corrected chi connectivity index (χ3v) is 2.69. The van der Waals surface area contributed by atoms with Crippen molar-refractivity contribution in [1.82, 2.24) is 0 Å². The van der Waals surface area contributed by atoms with E-state index in [0.29, 0.717) is 12.1 Å². The Morgan fingerprint density at radius 1 is 1.23 bits per heavy atom. The molecule has 2 N–H and O–H groups in total. The van der Waals surface area contributed by atoms with Gasteiger partial charge in [0.1, 0.15) is 9.84 Å². The third-order valence-electron chi connectivity index (χ3n) is 1.74. The molecule has 0 aliphatic heterocycles. The number of hydrogen-bond donors (Lipinski definition) is 1. The predicted molar refractivity (Wildman–Crippen MR) is 54.3 cm³/mol. The van der Waals surface area contributed by atoms with Crippen LogP contribution in [-0.4, -0.2) is 20.4 Å². The van der Waals surface area contributed by atoms with Crippen LogP contribution in [0, 0.1) is 0 Å². The summed E-state index contributed by atoms with van der Waals surface area (Å²) in [6.45, 7) is 0. The van der Waals surface area contributed by atoms with Crippen LogP contribution >= 0.6 is 0 Å². The quantitative estimate of drug-likeness (QED) is 0.734. The van der Waals surface area contributed by atoms with Crippen molar-refractivity contribution in [2.45, 2.75) is 6.42 Å². The van der Waals surface area contributed by atoms with Crippen LogP contribution in [-0.2, 0) is 16.3 Å². The minimum Gasteiger partial charge on any atom is -0.399 e. The van der Waals surface area contributed by atoms with Crippen LogP contribution in [0.2, 0.25) is 0 Å². The molecule has 0 aliphatic carbocycles.